The summed E-state index contributed by atoms with van der Waals surface area (Å²) in [6.45, 7) is 1.87. The summed E-state index contributed by atoms with van der Waals surface area (Å²) < 4.78 is 0. The van der Waals surface area contributed by atoms with Gasteiger partial charge < -0.3 is 4.98 Å². The first kappa shape index (κ1) is 9.99. The van der Waals surface area contributed by atoms with Crippen LogP contribution in [0.1, 0.15) is 5.69 Å². The lowest BCUT2D eigenvalue weighted by atomic mass is 10.1. The van der Waals surface area contributed by atoms with E-state index in [1.54, 1.807) is 6.07 Å². The molecular weight excluding hydrogens is 210 g/mol. The highest BCUT2D eigenvalue weighted by Crippen LogP contribution is 2.23. The average molecular weight is 220 g/mol. The molecule has 76 valence electrons. The van der Waals surface area contributed by atoms with Gasteiger partial charge in [0.25, 0.3) is 0 Å². The maximum Gasteiger partial charge on any atom is 0.248 e. The summed E-state index contributed by atoms with van der Waals surface area (Å²) in [5.74, 6) is 0. The Bertz CT molecular complexity index is 545. The van der Waals surface area contributed by atoms with Crippen molar-refractivity contribution in [2.24, 2.45) is 0 Å². The molecule has 0 spiro atoms. The van der Waals surface area contributed by atoms with Gasteiger partial charge in [0.1, 0.15) is 0 Å². The van der Waals surface area contributed by atoms with E-state index < -0.39 is 0 Å². The molecule has 2 aromatic rings. The number of nitrogens with one attached hydrogen (secondary N) is 1. The van der Waals surface area contributed by atoms with E-state index in [1.807, 2.05) is 31.2 Å². The first-order chi connectivity index (χ1) is 7.16. The van der Waals surface area contributed by atoms with Gasteiger partial charge in [-0.05, 0) is 30.7 Å². The Morgan fingerprint density at radius 3 is 2.67 bits per heavy atom. The zero-order valence-electron chi connectivity index (χ0n) is 8.25. The first-order valence-corrected chi connectivity index (χ1v) is 5.00. The maximum absolute atomic E-state index is 11.1. The molecule has 1 aromatic heterocycles. The Hall–Kier alpha value is -1.54. The summed E-state index contributed by atoms with van der Waals surface area (Å²) >= 11 is 5.91. The van der Waals surface area contributed by atoms with Crippen molar-refractivity contribution < 1.29 is 0 Å². The Kier molecular flexibility index (Phi) is 2.60. The first-order valence-electron chi connectivity index (χ1n) is 4.63. The number of halogens is 1. The number of H-pyrrole nitrogens is 1. The summed E-state index contributed by atoms with van der Waals surface area (Å²) in [5, 5.41) is 0.693. The molecule has 0 aliphatic rings. The number of rotatable bonds is 1. The van der Waals surface area contributed by atoms with Crippen LogP contribution in [0, 0.1) is 6.92 Å². The Morgan fingerprint density at radius 1 is 1.20 bits per heavy atom. The highest BCUT2D eigenvalue weighted by molar-refractivity contribution is 6.30. The molecule has 0 amide bonds. The molecule has 2 nitrogen and oxygen atoms in total. The summed E-state index contributed by atoms with van der Waals surface area (Å²) in [6.07, 6.45) is 0. The molecule has 0 fully saturated rings. The van der Waals surface area contributed by atoms with E-state index in [9.17, 15) is 4.79 Å². The summed E-state index contributed by atoms with van der Waals surface area (Å²) in [7, 11) is 0. The van der Waals surface area contributed by atoms with Crippen LogP contribution < -0.4 is 5.56 Å². The second kappa shape index (κ2) is 3.91. The molecule has 0 atom stereocenters. The van der Waals surface area contributed by atoms with Crippen molar-refractivity contribution in [2.75, 3.05) is 0 Å². The van der Waals surface area contributed by atoms with Crippen LogP contribution in [0.5, 0.6) is 0 Å². The van der Waals surface area contributed by atoms with Crippen LogP contribution in [0.2, 0.25) is 5.02 Å². The quantitative estimate of drug-likeness (QED) is 0.786. The maximum atomic E-state index is 11.1. The zero-order valence-corrected chi connectivity index (χ0v) is 9.01. The predicted molar refractivity (Wildman–Crippen MR) is 62.2 cm³/mol. The van der Waals surface area contributed by atoms with Crippen molar-refractivity contribution in [2.45, 2.75) is 6.92 Å². The number of hydrogen-bond donors (Lipinski definition) is 1. The SMILES string of the molecule is Cc1[nH]c(=O)ccc1-c1cccc(Cl)c1. The van der Waals surface area contributed by atoms with Crippen molar-refractivity contribution in [3.8, 4) is 11.1 Å². The standard InChI is InChI=1S/C12H10ClNO/c1-8-11(5-6-12(15)14-8)9-3-2-4-10(13)7-9/h2-7H,1H3,(H,14,15). The van der Waals surface area contributed by atoms with Gasteiger partial charge in [-0.2, -0.15) is 0 Å². The lowest BCUT2D eigenvalue weighted by Crippen LogP contribution is -2.05. The molecule has 0 aliphatic heterocycles. The third-order valence-electron chi connectivity index (χ3n) is 2.25. The van der Waals surface area contributed by atoms with Gasteiger partial charge in [-0.15, -0.1) is 0 Å². The lowest BCUT2D eigenvalue weighted by molar-refractivity contribution is 1.15. The monoisotopic (exact) mass is 219 g/mol. The minimum Gasteiger partial charge on any atom is -0.326 e. The molecule has 1 aromatic carbocycles. The average Bonchev–Trinajstić information content (AvgIpc) is 2.17. The third kappa shape index (κ3) is 2.10. The molecule has 0 unspecified atom stereocenters. The summed E-state index contributed by atoms with van der Waals surface area (Å²) in [5.41, 5.74) is 2.77. The molecule has 0 bridgehead atoms. The normalized spacial score (nSPS) is 10.3. The van der Waals surface area contributed by atoms with Gasteiger partial charge in [0.2, 0.25) is 5.56 Å². The molecule has 1 heterocycles. The molecule has 2 rings (SSSR count). The largest absolute Gasteiger partial charge is 0.326 e. The van der Waals surface area contributed by atoms with Crippen LogP contribution in [-0.2, 0) is 0 Å². The molecule has 0 aliphatic carbocycles. The second-order valence-electron chi connectivity index (χ2n) is 3.37. The Labute approximate surface area is 92.5 Å². The molecular formula is C12H10ClNO. The fourth-order valence-electron chi connectivity index (χ4n) is 1.55. The Balaban J connectivity index is 2.59. The van der Waals surface area contributed by atoms with Gasteiger partial charge in [-0.25, -0.2) is 0 Å². The van der Waals surface area contributed by atoms with Crippen LogP contribution >= 0.6 is 11.6 Å². The van der Waals surface area contributed by atoms with E-state index in [4.69, 9.17) is 11.6 Å². The van der Waals surface area contributed by atoms with E-state index in [0.29, 0.717) is 5.02 Å². The van der Waals surface area contributed by atoms with Gasteiger partial charge in [0.15, 0.2) is 0 Å². The second-order valence-corrected chi connectivity index (χ2v) is 3.81. The topological polar surface area (TPSA) is 32.9 Å². The van der Waals surface area contributed by atoms with Crippen LogP contribution in [0.15, 0.2) is 41.2 Å². The zero-order chi connectivity index (χ0) is 10.8. The molecule has 0 radical (unpaired) electrons. The number of aromatic nitrogens is 1. The van der Waals surface area contributed by atoms with E-state index in [0.717, 1.165) is 16.8 Å². The minimum absolute atomic E-state index is 0.0849. The van der Waals surface area contributed by atoms with E-state index in [-0.39, 0.29) is 5.56 Å². The van der Waals surface area contributed by atoms with Crippen LogP contribution in [0.3, 0.4) is 0 Å². The summed E-state index contributed by atoms with van der Waals surface area (Å²) in [4.78, 5) is 13.8. The summed E-state index contributed by atoms with van der Waals surface area (Å²) in [6, 6.07) is 10.9. The van der Waals surface area contributed by atoms with Gasteiger partial charge in [-0.1, -0.05) is 23.7 Å². The third-order valence-corrected chi connectivity index (χ3v) is 2.49. The van der Waals surface area contributed by atoms with E-state index >= 15 is 0 Å². The number of hydrogen-bond acceptors (Lipinski definition) is 1. The fraction of sp³-hybridized carbons (Fsp3) is 0.0833. The molecule has 0 saturated heterocycles. The van der Waals surface area contributed by atoms with Crippen molar-refractivity contribution in [1.82, 2.24) is 4.98 Å². The highest BCUT2D eigenvalue weighted by atomic mass is 35.5. The fourth-order valence-corrected chi connectivity index (χ4v) is 1.74. The van der Waals surface area contributed by atoms with Crippen molar-refractivity contribution in [3.63, 3.8) is 0 Å². The van der Waals surface area contributed by atoms with Crippen molar-refractivity contribution in [1.29, 1.82) is 0 Å². The number of benzene rings is 1. The smallest absolute Gasteiger partial charge is 0.248 e. The van der Waals surface area contributed by atoms with Crippen molar-refractivity contribution in [3.05, 3.63) is 57.5 Å². The van der Waals surface area contributed by atoms with Gasteiger partial charge in [0.05, 0.1) is 0 Å². The van der Waals surface area contributed by atoms with E-state index in [2.05, 4.69) is 4.98 Å². The molecule has 0 saturated carbocycles. The van der Waals surface area contributed by atoms with Gasteiger partial charge in [0, 0.05) is 22.3 Å². The lowest BCUT2D eigenvalue weighted by Gasteiger charge is -2.05. The molecule has 3 heteroatoms. The van der Waals surface area contributed by atoms with Crippen LogP contribution in [0.25, 0.3) is 11.1 Å². The van der Waals surface area contributed by atoms with Gasteiger partial charge in [-0.3, -0.25) is 4.79 Å². The number of aryl methyl sites for hydroxylation is 1. The van der Waals surface area contributed by atoms with Crippen LogP contribution in [0.4, 0.5) is 0 Å². The number of aromatic amines is 1. The van der Waals surface area contributed by atoms with E-state index in [1.165, 1.54) is 6.07 Å². The predicted octanol–water partition coefficient (Wildman–Crippen LogP) is 3.00. The minimum atomic E-state index is -0.0849. The van der Waals surface area contributed by atoms with Crippen molar-refractivity contribution >= 4 is 11.6 Å². The number of pyridine rings is 1. The Morgan fingerprint density at radius 2 is 2.00 bits per heavy atom. The molecule has 15 heavy (non-hydrogen) atoms. The highest BCUT2D eigenvalue weighted by Gasteiger charge is 2.02. The molecule has 1 N–H and O–H groups in total. The van der Waals surface area contributed by atoms with Crippen LogP contribution in [-0.4, -0.2) is 4.98 Å². The van der Waals surface area contributed by atoms with Gasteiger partial charge >= 0.3 is 0 Å².